The fourth-order valence-electron chi connectivity index (χ4n) is 3.10. The number of benzene rings is 2. The molecule has 0 radical (unpaired) electrons. The van der Waals surface area contributed by atoms with Crippen LogP contribution in [-0.2, 0) is 0 Å². The van der Waals surface area contributed by atoms with Gasteiger partial charge >= 0.3 is 0 Å². The topological polar surface area (TPSA) is 36.9 Å². The summed E-state index contributed by atoms with van der Waals surface area (Å²) >= 11 is 0. The zero-order valence-corrected chi connectivity index (χ0v) is 24.9. The highest BCUT2D eigenvalue weighted by Crippen LogP contribution is 2.42. The van der Waals surface area contributed by atoms with Crippen LogP contribution >= 0.6 is 0 Å². The molecule has 4 nitrogen and oxygen atoms in total. The Morgan fingerprint density at radius 2 is 1.26 bits per heavy atom. The van der Waals surface area contributed by atoms with E-state index >= 15 is 0 Å². The van der Waals surface area contributed by atoms with E-state index < -0.39 is 16.6 Å². The molecule has 2 aromatic rings. The predicted molar refractivity (Wildman–Crippen MR) is 148 cm³/mol. The Morgan fingerprint density at radius 3 is 1.85 bits per heavy atom. The first-order valence-corrected chi connectivity index (χ1v) is 17.9. The van der Waals surface area contributed by atoms with Crippen molar-refractivity contribution in [3.05, 3.63) is 47.0 Å². The van der Waals surface area contributed by atoms with Gasteiger partial charge in [-0.15, -0.1) is 0 Å². The second kappa shape index (κ2) is 9.12. The van der Waals surface area contributed by atoms with Crippen LogP contribution < -0.4 is 18.3 Å². The molecule has 0 saturated carbocycles. The van der Waals surface area contributed by atoms with Gasteiger partial charge in [0.2, 0.25) is 15.1 Å². The molecule has 1 aliphatic heterocycles. The summed E-state index contributed by atoms with van der Waals surface area (Å²) in [6.07, 6.45) is 4.25. The molecule has 0 saturated heterocycles. The summed E-state index contributed by atoms with van der Waals surface area (Å²) in [6.45, 7) is 25.1. The summed E-state index contributed by atoms with van der Waals surface area (Å²) in [6, 6.07) is 10.4. The average molecular weight is 499 g/mol. The van der Waals surface area contributed by atoms with Crippen molar-refractivity contribution in [1.29, 1.82) is 0 Å². The molecule has 1 heterocycles. The van der Waals surface area contributed by atoms with E-state index in [1.807, 2.05) is 12.1 Å². The van der Waals surface area contributed by atoms with Crippen molar-refractivity contribution in [2.45, 2.75) is 84.7 Å². The van der Waals surface area contributed by atoms with Gasteiger partial charge in [0.25, 0.3) is 8.32 Å². The Bertz CT molecular complexity index is 1070. The Kier molecular flexibility index (Phi) is 7.08. The lowest BCUT2D eigenvalue weighted by atomic mass is 10.1. The molecule has 34 heavy (non-hydrogen) atoms. The predicted octanol–water partition coefficient (Wildman–Crippen LogP) is 8.66. The monoisotopic (exact) mass is 498 g/mol. The lowest BCUT2D eigenvalue weighted by Gasteiger charge is -2.38. The maximum absolute atomic E-state index is 6.81. The van der Waals surface area contributed by atoms with E-state index in [9.17, 15) is 0 Å². The van der Waals surface area contributed by atoms with Crippen LogP contribution in [0.15, 0.2) is 30.3 Å². The SMILES string of the molecule is Cc1cc2c(cc1/C=C/c1ccc(O[Si](C)(C)C(C)(C)C)cc1O[Si](C)(C)C(C)(C)C)OCO2. The van der Waals surface area contributed by atoms with Crippen LogP contribution in [0, 0.1) is 6.92 Å². The maximum Gasteiger partial charge on any atom is 0.250 e. The van der Waals surface area contributed by atoms with E-state index in [0.29, 0.717) is 0 Å². The van der Waals surface area contributed by atoms with E-state index in [4.69, 9.17) is 18.3 Å². The molecule has 6 heteroatoms. The second-order valence-corrected chi connectivity index (χ2v) is 21.8. The van der Waals surface area contributed by atoms with Gasteiger partial charge in [-0.2, -0.15) is 0 Å². The van der Waals surface area contributed by atoms with Gasteiger partial charge in [0.1, 0.15) is 11.5 Å². The van der Waals surface area contributed by atoms with Gasteiger partial charge < -0.3 is 18.3 Å². The van der Waals surface area contributed by atoms with Crippen LogP contribution in [0.2, 0.25) is 36.3 Å². The quantitative estimate of drug-likeness (QED) is 0.295. The summed E-state index contributed by atoms with van der Waals surface area (Å²) in [7, 11) is -4.00. The molecule has 0 spiro atoms. The van der Waals surface area contributed by atoms with Crippen molar-refractivity contribution >= 4 is 28.8 Å². The van der Waals surface area contributed by atoms with Crippen molar-refractivity contribution in [2.75, 3.05) is 6.79 Å². The van der Waals surface area contributed by atoms with E-state index in [-0.39, 0.29) is 16.9 Å². The summed E-state index contributed by atoms with van der Waals surface area (Å²) in [5.74, 6) is 3.37. The van der Waals surface area contributed by atoms with Crippen LogP contribution in [0.5, 0.6) is 23.0 Å². The molecule has 1 aliphatic rings. The van der Waals surface area contributed by atoms with E-state index in [0.717, 1.165) is 39.7 Å². The van der Waals surface area contributed by atoms with Crippen molar-refractivity contribution in [3.63, 3.8) is 0 Å². The molecule has 3 rings (SSSR count). The molecule has 0 aliphatic carbocycles. The van der Waals surface area contributed by atoms with Crippen molar-refractivity contribution < 1.29 is 18.3 Å². The van der Waals surface area contributed by atoms with Gasteiger partial charge in [-0.1, -0.05) is 53.7 Å². The molecule has 0 bridgehead atoms. The zero-order chi connectivity index (χ0) is 25.5. The standard InChI is InChI=1S/C28H42O4Si2/c1-20-16-25-26(30-19-29-25)17-22(20)13-12-21-14-15-23(31-33(8,9)27(2,3)4)18-24(21)32-34(10,11)28(5,6)7/h12-18H,19H2,1-11H3/b13-12+. The third-order valence-corrected chi connectivity index (χ3v) is 16.2. The van der Waals surface area contributed by atoms with Gasteiger partial charge in [-0.25, -0.2) is 0 Å². The molecule has 0 atom stereocenters. The molecule has 0 unspecified atom stereocenters. The summed E-state index contributed by atoms with van der Waals surface area (Å²) in [5, 5.41) is 0.223. The van der Waals surface area contributed by atoms with Crippen LogP contribution in [0.4, 0.5) is 0 Å². The Labute approximate surface area is 208 Å². The van der Waals surface area contributed by atoms with Gasteiger partial charge in [0.05, 0.1) is 0 Å². The first-order valence-electron chi connectivity index (χ1n) is 12.1. The molecule has 186 valence electrons. The molecule has 2 aromatic carbocycles. The van der Waals surface area contributed by atoms with Crippen LogP contribution in [0.3, 0.4) is 0 Å². The fourth-order valence-corrected chi connectivity index (χ4v) is 5.15. The smallest absolute Gasteiger partial charge is 0.250 e. The lowest BCUT2D eigenvalue weighted by molar-refractivity contribution is 0.174. The minimum atomic E-state index is -2.04. The number of fused-ring (bicyclic) bond motifs is 1. The Morgan fingerprint density at radius 1 is 0.735 bits per heavy atom. The van der Waals surface area contributed by atoms with E-state index in [2.05, 4.69) is 105 Å². The molecule has 0 fully saturated rings. The normalized spacial score (nSPS) is 14.6. The number of aryl methyl sites for hydroxylation is 1. The maximum atomic E-state index is 6.81. The van der Waals surface area contributed by atoms with Crippen LogP contribution in [0.1, 0.15) is 58.2 Å². The number of ether oxygens (including phenoxy) is 2. The first kappa shape index (κ1) is 26.4. The largest absolute Gasteiger partial charge is 0.543 e. The Hall–Kier alpha value is -2.19. The minimum absolute atomic E-state index is 0.0954. The number of hydrogen-bond donors (Lipinski definition) is 0. The van der Waals surface area contributed by atoms with Crippen molar-refractivity contribution in [1.82, 2.24) is 0 Å². The minimum Gasteiger partial charge on any atom is -0.543 e. The van der Waals surface area contributed by atoms with Crippen molar-refractivity contribution in [2.24, 2.45) is 0 Å². The molecule has 0 amide bonds. The number of hydrogen-bond acceptors (Lipinski definition) is 4. The second-order valence-electron chi connectivity index (χ2n) is 12.3. The highest BCUT2D eigenvalue weighted by atomic mass is 28.4. The van der Waals surface area contributed by atoms with Crippen molar-refractivity contribution in [3.8, 4) is 23.0 Å². The van der Waals surface area contributed by atoms with E-state index in [1.54, 1.807) is 0 Å². The fraction of sp³-hybridized carbons (Fsp3) is 0.500. The molecule has 0 N–H and O–H groups in total. The van der Waals surface area contributed by atoms with Gasteiger partial charge in [0.15, 0.2) is 11.5 Å². The van der Waals surface area contributed by atoms with E-state index in [1.165, 1.54) is 0 Å². The van der Waals surface area contributed by atoms with Gasteiger partial charge in [-0.05, 0) is 78.6 Å². The Balaban J connectivity index is 2.00. The number of rotatable bonds is 6. The lowest BCUT2D eigenvalue weighted by Crippen LogP contribution is -2.44. The summed E-state index contributed by atoms with van der Waals surface area (Å²) in [5.41, 5.74) is 3.29. The van der Waals surface area contributed by atoms with Gasteiger partial charge in [-0.3, -0.25) is 0 Å². The third-order valence-electron chi connectivity index (χ3n) is 7.54. The molecular formula is C28H42O4Si2. The third kappa shape index (κ3) is 5.71. The first-order chi connectivity index (χ1) is 15.5. The summed E-state index contributed by atoms with van der Waals surface area (Å²) in [4.78, 5) is 0. The molecule has 0 aromatic heterocycles. The van der Waals surface area contributed by atoms with Crippen LogP contribution in [0.25, 0.3) is 12.2 Å². The van der Waals surface area contributed by atoms with Crippen LogP contribution in [-0.4, -0.2) is 23.4 Å². The molecular weight excluding hydrogens is 456 g/mol. The van der Waals surface area contributed by atoms with Gasteiger partial charge in [0, 0.05) is 11.6 Å². The highest BCUT2D eigenvalue weighted by Gasteiger charge is 2.40. The highest BCUT2D eigenvalue weighted by molar-refractivity contribution is 6.75. The zero-order valence-electron chi connectivity index (χ0n) is 22.9. The summed E-state index contributed by atoms with van der Waals surface area (Å²) < 4.78 is 24.5. The average Bonchev–Trinajstić information content (AvgIpc) is 3.12.